The molecule has 0 aliphatic heterocycles. The number of hydrogen-bond donors (Lipinski definition) is 2. The number of hydrogen-bond acceptors (Lipinski definition) is 2. The Morgan fingerprint density at radius 1 is 1.17 bits per heavy atom. The standard InChI is InChI=1S/C16H27NO/c1-12(13-8-7-9-14(18)10-13)17-16(5,6)11-15(2,3)4/h7-10,12,17-18H,11H2,1-6H3. The maximum Gasteiger partial charge on any atom is 0.115 e. The van der Waals surface area contributed by atoms with E-state index >= 15 is 0 Å². The van der Waals surface area contributed by atoms with E-state index in [4.69, 9.17) is 0 Å². The fraction of sp³-hybridized carbons (Fsp3) is 0.625. The Balaban J connectivity index is 2.72. The Bertz CT molecular complexity index is 390. The van der Waals surface area contributed by atoms with E-state index in [1.54, 1.807) is 6.07 Å². The smallest absolute Gasteiger partial charge is 0.115 e. The summed E-state index contributed by atoms with van der Waals surface area (Å²) in [7, 11) is 0. The molecule has 1 aromatic rings. The topological polar surface area (TPSA) is 32.3 Å². The molecule has 2 N–H and O–H groups in total. The summed E-state index contributed by atoms with van der Waals surface area (Å²) in [4.78, 5) is 0. The van der Waals surface area contributed by atoms with Crippen LogP contribution in [0.2, 0.25) is 0 Å². The van der Waals surface area contributed by atoms with Crippen LogP contribution in [0.3, 0.4) is 0 Å². The molecule has 0 aromatic heterocycles. The first-order valence-corrected chi connectivity index (χ1v) is 6.66. The number of rotatable bonds is 4. The highest BCUT2D eigenvalue weighted by atomic mass is 16.3. The highest BCUT2D eigenvalue weighted by Gasteiger charge is 2.26. The Kier molecular flexibility index (Phi) is 4.44. The van der Waals surface area contributed by atoms with Crippen molar-refractivity contribution in [2.24, 2.45) is 5.41 Å². The van der Waals surface area contributed by atoms with Crippen LogP contribution in [0.5, 0.6) is 5.75 Å². The average Bonchev–Trinajstić information content (AvgIpc) is 2.12. The van der Waals surface area contributed by atoms with Crippen LogP contribution in [-0.4, -0.2) is 10.6 Å². The number of phenolic OH excluding ortho intramolecular Hbond substituents is 1. The summed E-state index contributed by atoms with van der Waals surface area (Å²) in [5.41, 5.74) is 1.50. The van der Waals surface area contributed by atoms with Gasteiger partial charge in [0.25, 0.3) is 0 Å². The van der Waals surface area contributed by atoms with Crippen LogP contribution in [0.15, 0.2) is 24.3 Å². The van der Waals surface area contributed by atoms with E-state index in [0.717, 1.165) is 12.0 Å². The maximum absolute atomic E-state index is 9.52. The molecule has 0 saturated heterocycles. The van der Waals surface area contributed by atoms with Gasteiger partial charge in [-0.3, -0.25) is 0 Å². The summed E-state index contributed by atoms with van der Waals surface area (Å²) in [6.45, 7) is 13.4. The molecule has 2 nitrogen and oxygen atoms in total. The van der Waals surface area contributed by atoms with E-state index in [9.17, 15) is 5.11 Å². The van der Waals surface area contributed by atoms with Gasteiger partial charge < -0.3 is 10.4 Å². The molecule has 1 unspecified atom stereocenters. The molecular formula is C16H27NO. The predicted molar refractivity (Wildman–Crippen MR) is 77.8 cm³/mol. The molecule has 0 aliphatic carbocycles. The molecule has 102 valence electrons. The van der Waals surface area contributed by atoms with Crippen molar-refractivity contribution in [1.82, 2.24) is 5.32 Å². The second kappa shape index (κ2) is 5.31. The minimum absolute atomic E-state index is 0.0725. The van der Waals surface area contributed by atoms with E-state index in [0.29, 0.717) is 11.2 Å². The molecule has 0 bridgehead atoms. The average molecular weight is 249 g/mol. The lowest BCUT2D eigenvalue weighted by Gasteiger charge is -2.36. The van der Waals surface area contributed by atoms with E-state index in [2.05, 4.69) is 46.9 Å². The Morgan fingerprint density at radius 3 is 2.28 bits per heavy atom. The molecule has 0 fully saturated rings. The van der Waals surface area contributed by atoms with Crippen LogP contribution in [0.1, 0.15) is 59.6 Å². The Morgan fingerprint density at radius 2 is 1.78 bits per heavy atom. The van der Waals surface area contributed by atoms with Crippen LogP contribution in [0.25, 0.3) is 0 Å². The molecule has 1 rings (SSSR count). The highest BCUT2D eigenvalue weighted by Crippen LogP contribution is 2.29. The van der Waals surface area contributed by atoms with Crippen molar-refractivity contribution in [3.63, 3.8) is 0 Å². The maximum atomic E-state index is 9.52. The minimum Gasteiger partial charge on any atom is -0.508 e. The van der Waals surface area contributed by atoms with Gasteiger partial charge >= 0.3 is 0 Å². The van der Waals surface area contributed by atoms with Crippen molar-refractivity contribution in [2.75, 3.05) is 0 Å². The van der Waals surface area contributed by atoms with E-state index < -0.39 is 0 Å². The van der Waals surface area contributed by atoms with Crippen LogP contribution in [0.4, 0.5) is 0 Å². The third kappa shape index (κ3) is 5.09. The lowest BCUT2D eigenvalue weighted by Crippen LogP contribution is -2.43. The first kappa shape index (κ1) is 15.0. The number of phenols is 1. The molecule has 0 heterocycles. The summed E-state index contributed by atoms with van der Waals surface area (Å²) < 4.78 is 0. The Labute approximate surface area is 111 Å². The molecule has 0 aliphatic rings. The molecular weight excluding hydrogens is 222 g/mol. The van der Waals surface area contributed by atoms with Crippen molar-refractivity contribution in [3.05, 3.63) is 29.8 Å². The van der Waals surface area contributed by atoms with Crippen LogP contribution in [0, 0.1) is 5.41 Å². The quantitative estimate of drug-likeness (QED) is 0.835. The zero-order chi connectivity index (χ0) is 14.0. The van der Waals surface area contributed by atoms with Gasteiger partial charge in [-0.1, -0.05) is 32.9 Å². The SMILES string of the molecule is CC(NC(C)(C)CC(C)(C)C)c1cccc(O)c1. The van der Waals surface area contributed by atoms with Gasteiger partial charge in [-0.25, -0.2) is 0 Å². The minimum atomic E-state index is 0.0725. The molecule has 0 amide bonds. The van der Waals surface area contributed by atoms with Gasteiger partial charge in [-0.2, -0.15) is 0 Å². The van der Waals surface area contributed by atoms with E-state index in [1.807, 2.05) is 18.2 Å². The largest absolute Gasteiger partial charge is 0.508 e. The van der Waals surface area contributed by atoms with Crippen LogP contribution < -0.4 is 5.32 Å². The zero-order valence-corrected chi connectivity index (χ0v) is 12.5. The second-order valence-electron chi connectivity index (χ2n) is 7.08. The van der Waals surface area contributed by atoms with Gasteiger partial charge in [-0.15, -0.1) is 0 Å². The number of benzene rings is 1. The fourth-order valence-corrected chi connectivity index (χ4v) is 2.84. The molecule has 0 radical (unpaired) electrons. The summed E-state index contributed by atoms with van der Waals surface area (Å²) >= 11 is 0. The monoisotopic (exact) mass is 249 g/mol. The van der Waals surface area contributed by atoms with Crippen LogP contribution in [-0.2, 0) is 0 Å². The molecule has 1 aromatic carbocycles. The molecule has 1 atom stereocenters. The van der Waals surface area contributed by atoms with Gasteiger partial charge in [0.1, 0.15) is 5.75 Å². The molecule has 18 heavy (non-hydrogen) atoms. The van der Waals surface area contributed by atoms with Gasteiger partial charge in [0.15, 0.2) is 0 Å². The summed E-state index contributed by atoms with van der Waals surface area (Å²) in [6.07, 6.45) is 1.10. The lowest BCUT2D eigenvalue weighted by atomic mass is 9.81. The Hall–Kier alpha value is -1.02. The van der Waals surface area contributed by atoms with Gasteiger partial charge in [0.05, 0.1) is 0 Å². The number of nitrogens with one attached hydrogen (secondary N) is 1. The van der Waals surface area contributed by atoms with Crippen molar-refractivity contribution in [2.45, 2.75) is 59.5 Å². The van der Waals surface area contributed by atoms with Gasteiger partial charge in [0.2, 0.25) is 0 Å². The fourth-order valence-electron chi connectivity index (χ4n) is 2.84. The summed E-state index contributed by atoms with van der Waals surface area (Å²) in [5, 5.41) is 13.2. The van der Waals surface area contributed by atoms with Crippen LogP contribution >= 0.6 is 0 Å². The number of aromatic hydroxyl groups is 1. The third-order valence-electron chi connectivity index (χ3n) is 2.95. The van der Waals surface area contributed by atoms with Gasteiger partial charge in [0, 0.05) is 11.6 Å². The third-order valence-corrected chi connectivity index (χ3v) is 2.95. The first-order valence-electron chi connectivity index (χ1n) is 6.66. The van der Waals surface area contributed by atoms with Crippen molar-refractivity contribution >= 4 is 0 Å². The molecule has 0 spiro atoms. The second-order valence-corrected chi connectivity index (χ2v) is 7.08. The van der Waals surface area contributed by atoms with Crippen molar-refractivity contribution in [3.8, 4) is 5.75 Å². The van der Waals surface area contributed by atoms with E-state index in [1.165, 1.54) is 0 Å². The van der Waals surface area contributed by atoms with Crippen molar-refractivity contribution < 1.29 is 5.11 Å². The summed E-state index contributed by atoms with van der Waals surface area (Å²) in [5.74, 6) is 0.328. The highest BCUT2D eigenvalue weighted by molar-refractivity contribution is 5.29. The predicted octanol–water partition coefficient (Wildman–Crippen LogP) is 4.26. The van der Waals surface area contributed by atoms with Gasteiger partial charge in [-0.05, 0) is 50.3 Å². The normalized spacial score (nSPS) is 14.6. The van der Waals surface area contributed by atoms with E-state index in [-0.39, 0.29) is 11.6 Å². The summed E-state index contributed by atoms with van der Waals surface area (Å²) in [6, 6.07) is 7.69. The molecule has 2 heteroatoms. The first-order chi connectivity index (χ1) is 8.09. The van der Waals surface area contributed by atoms with Crippen molar-refractivity contribution in [1.29, 1.82) is 0 Å². The lowest BCUT2D eigenvalue weighted by molar-refractivity contribution is 0.226. The molecule has 0 saturated carbocycles. The zero-order valence-electron chi connectivity index (χ0n) is 12.5.